The Labute approximate surface area is 182 Å². The van der Waals surface area contributed by atoms with Crippen molar-refractivity contribution in [3.05, 3.63) is 35.9 Å². The third-order valence-electron chi connectivity index (χ3n) is 5.20. The van der Waals surface area contributed by atoms with E-state index in [1.54, 1.807) is 11.9 Å². The van der Waals surface area contributed by atoms with E-state index < -0.39 is 11.6 Å². The molecule has 0 saturated carbocycles. The fourth-order valence-corrected chi connectivity index (χ4v) is 4.12. The number of hydrogen-bond donors (Lipinski definition) is 1. The van der Waals surface area contributed by atoms with Crippen LogP contribution in [0.2, 0.25) is 0 Å². The molecule has 0 unspecified atom stereocenters. The lowest BCUT2D eigenvalue weighted by Crippen LogP contribution is -2.71. The zero-order valence-corrected chi connectivity index (χ0v) is 19.7. The Morgan fingerprint density at radius 2 is 1.47 bits per heavy atom. The smallest absolute Gasteiger partial charge is 0.257 e. The van der Waals surface area contributed by atoms with Crippen LogP contribution in [0.3, 0.4) is 0 Å². The van der Waals surface area contributed by atoms with Gasteiger partial charge >= 0.3 is 0 Å². The van der Waals surface area contributed by atoms with E-state index in [9.17, 15) is 9.18 Å². The molecule has 1 spiro atoms. The fourth-order valence-electron chi connectivity index (χ4n) is 4.12. The molecule has 1 aromatic rings. The second kappa shape index (κ2) is 12.3. The van der Waals surface area contributed by atoms with Crippen molar-refractivity contribution in [3.8, 4) is 0 Å². The molecular formula is C23H41FN4O2. The zero-order valence-electron chi connectivity index (χ0n) is 19.7. The average Bonchev–Trinajstić information content (AvgIpc) is 2.68. The monoisotopic (exact) mass is 424 g/mol. The van der Waals surface area contributed by atoms with Crippen LogP contribution in [0, 0.1) is 5.41 Å². The number of alkyl halides is 1. The number of benzene rings is 1. The Hall–Kier alpha value is -1.54. The average molecular weight is 425 g/mol. The van der Waals surface area contributed by atoms with Gasteiger partial charge in [0.15, 0.2) is 0 Å². The molecule has 0 radical (unpaired) electrons. The maximum absolute atomic E-state index is 12.8. The molecule has 30 heavy (non-hydrogen) atoms. The summed E-state index contributed by atoms with van der Waals surface area (Å²) in [6, 6.07) is 10.4. The first-order valence-electron chi connectivity index (χ1n) is 11.0. The van der Waals surface area contributed by atoms with Gasteiger partial charge in [0, 0.05) is 44.7 Å². The second-order valence-electron chi connectivity index (χ2n) is 8.12. The van der Waals surface area contributed by atoms with Crippen molar-refractivity contribution in [2.24, 2.45) is 11.1 Å². The van der Waals surface area contributed by atoms with Crippen molar-refractivity contribution in [1.29, 1.82) is 0 Å². The molecule has 3 aliphatic heterocycles. The Bertz CT molecular complexity index is 609. The third kappa shape index (κ3) is 7.30. The highest BCUT2D eigenvalue weighted by Gasteiger charge is 2.50. The van der Waals surface area contributed by atoms with E-state index in [1.807, 2.05) is 33.8 Å². The highest BCUT2D eigenvalue weighted by Crippen LogP contribution is 2.38. The van der Waals surface area contributed by atoms with Gasteiger partial charge in [0.1, 0.15) is 0 Å². The van der Waals surface area contributed by atoms with Gasteiger partial charge in [0.05, 0.1) is 13.3 Å². The number of halogens is 1. The lowest BCUT2D eigenvalue weighted by molar-refractivity contribution is -0.143. The fraction of sp³-hybridized carbons (Fsp3) is 0.696. The summed E-state index contributed by atoms with van der Waals surface area (Å²) >= 11 is 0. The van der Waals surface area contributed by atoms with Crippen LogP contribution in [0.5, 0.6) is 0 Å². The molecular weight excluding hydrogens is 383 g/mol. The Morgan fingerprint density at radius 1 is 0.967 bits per heavy atom. The number of nitrogens with zero attached hydrogens (tertiary/aromatic N) is 3. The molecule has 172 valence electrons. The Morgan fingerprint density at radius 3 is 1.87 bits per heavy atom. The molecule has 0 atom stereocenters. The lowest BCUT2D eigenvalue weighted by atomic mass is 9.73. The first-order valence-corrected chi connectivity index (χ1v) is 11.0. The zero-order chi connectivity index (χ0) is 22.8. The summed E-state index contributed by atoms with van der Waals surface area (Å²) < 4.78 is 18.5. The van der Waals surface area contributed by atoms with Gasteiger partial charge in [0.2, 0.25) is 5.67 Å². The number of nitrogens with two attached hydrogens (primary N) is 1. The van der Waals surface area contributed by atoms with Crippen LogP contribution in [-0.2, 0) is 16.1 Å². The number of hydrogen-bond acceptors (Lipinski definition) is 5. The second-order valence-corrected chi connectivity index (χ2v) is 8.12. The first kappa shape index (κ1) is 26.5. The summed E-state index contributed by atoms with van der Waals surface area (Å²) in [6.45, 7) is 14.7. The van der Waals surface area contributed by atoms with Gasteiger partial charge in [-0.25, -0.2) is 4.39 Å². The number of primary amides is 1. The van der Waals surface area contributed by atoms with E-state index in [-0.39, 0.29) is 13.1 Å². The van der Waals surface area contributed by atoms with Gasteiger partial charge in [-0.15, -0.1) is 0 Å². The quantitative estimate of drug-likeness (QED) is 0.787. The number of amides is 1. The van der Waals surface area contributed by atoms with E-state index >= 15 is 0 Å². The molecule has 6 nitrogen and oxygen atoms in total. The molecule has 1 amide bonds. The molecule has 4 rings (SSSR count). The standard InChI is InChI=1S/C14H20N2O.C5H9FN2O.2C2H6/c1-15-8-14(9-15)10-16(11-14)12-17-7-13-5-3-2-4-6-13;1-8-2-5(6,3-8)4(7)9;2*1-2/h2-6H,7-12H2,1H3;2-3H2,1H3,(H2,7,9);2*1-2H3. The molecule has 3 fully saturated rings. The van der Waals surface area contributed by atoms with Crippen molar-refractivity contribution in [3.63, 3.8) is 0 Å². The minimum absolute atomic E-state index is 0.141. The summed E-state index contributed by atoms with van der Waals surface area (Å²) in [5.74, 6) is -0.847. The summed E-state index contributed by atoms with van der Waals surface area (Å²) in [7, 11) is 3.93. The molecule has 2 N–H and O–H groups in total. The van der Waals surface area contributed by atoms with Crippen molar-refractivity contribution in [2.75, 3.05) is 60.1 Å². The minimum atomic E-state index is -1.74. The van der Waals surface area contributed by atoms with Crippen molar-refractivity contribution >= 4 is 5.91 Å². The van der Waals surface area contributed by atoms with Gasteiger partial charge in [-0.05, 0) is 19.7 Å². The normalized spacial score (nSPS) is 21.2. The van der Waals surface area contributed by atoms with E-state index in [1.165, 1.54) is 31.7 Å². The molecule has 0 aliphatic carbocycles. The minimum Gasteiger partial charge on any atom is -0.367 e. The number of likely N-dealkylation sites (tertiary alicyclic amines) is 3. The predicted octanol–water partition coefficient (Wildman–Crippen LogP) is 2.59. The van der Waals surface area contributed by atoms with E-state index in [4.69, 9.17) is 10.5 Å². The van der Waals surface area contributed by atoms with Gasteiger partial charge < -0.3 is 15.4 Å². The van der Waals surface area contributed by atoms with E-state index in [0.717, 1.165) is 13.3 Å². The molecule has 7 heteroatoms. The SMILES string of the molecule is CC.CC.CN1CC(F)(C(N)=O)C1.CN1CC2(C1)CN(COCc1ccccc1)C2. The predicted molar refractivity (Wildman–Crippen MR) is 121 cm³/mol. The lowest BCUT2D eigenvalue weighted by Gasteiger charge is -2.59. The van der Waals surface area contributed by atoms with Gasteiger partial charge in [-0.1, -0.05) is 58.0 Å². The molecule has 3 aliphatic rings. The highest BCUT2D eigenvalue weighted by molar-refractivity contribution is 5.85. The van der Waals surface area contributed by atoms with Crippen LogP contribution < -0.4 is 5.73 Å². The van der Waals surface area contributed by atoms with Gasteiger partial charge in [-0.3, -0.25) is 14.6 Å². The van der Waals surface area contributed by atoms with Gasteiger partial charge in [0.25, 0.3) is 5.91 Å². The van der Waals surface area contributed by atoms with E-state index in [2.05, 4.69) is 41.1 Å². The van der Waals surface area contributed by atoms with Crippen molar-refractivity contribution in [2.45, 2.75) is 40.0 Å². The first-order chi connectivity index (χ1) is 14.3. The van der Waals surface area contributed by atoms with Gasteiger partial charge in [-0.2, -0.15) is 0 Å². The van der Waals surface area contributed by atoms with E-state index in [0.29, 0.717) is 5.41 Å². The third-order valence-corrected chi connectivity index (χ3v) is 5.20. The largest absolute Gasteiger partial charge is 0.367 e. The summed E-state index contributed by atoms with van der Waals surface area (Å²) in [4.78, 5) is 16.8. The highest BCUT2D eigenvalue weighted by atomic mass is 19.1. The van der Waals surface area contributed by atoms with Crippen LogP contribution >= 0.6 is 0 Å². The number of carbonyl (C=O) groups is 1. The maximum atomic E-state index is 12.8. The Balaban J connectivity index is 0.000000294. The topological polar surface area (TPSA) is 62.0 Å². The van der Waals surface area contributed by atoms with Crippen LogP contribution in [-0.4, -0.2) is 86.4 Å². The number of carbonyl (C=O) groups excluding carboxylic acids is 1. The number of rotatable bonds is 5. The van der Waals surface area contributed by atoms with Crippen LogP contribution in [0.1, 0.15) is 33.3 Å². The molecule has 1 aromatic carbocycles. The molecule has 3 heterocycles. The molecule has 0 aromatic heterocycles. The Kier molecular flexibility index (Phi) is 10.9. The number of ether oxygens (including phenoxy) is 1. The summed E-state index contributed by atoms with van der Waals surface area (Å²) in [5, 5.41) is 0. The van der Waals surface area contributed by atoms with Crippen LogP contribution in [0.15, 0.2) is 30.3 Å². The molecule has 0 bridgehead atoms. The van der Waals surface area contributed by atoms with Crippen molar-refractivity contribution in [1.82, 2.24) is 14.7 Å². The van der Waals surface area contributed by atoms with Crippen LogP contribution in [0.4, 0.5) is 4.39 Å². The summed E-state index contributed by atoms with van der Waals surface area (Å²) in [6.07, 6.45) is 0. The molecule has 3 saturated heterocycles. The van der Waals surface area contributed by atoms with Crippen molar-refractivity contribution < 1.29 is 13.9 Å². The van der Waals surface area contributed by atoms with Crippen LogP contribution in [0.25, 0.3) is 0 Å². The maximum Gasteiger partial charge on any atom is 0.257 e. The summed E-state index contributed by atoms with van der Waals surface area (Å²) in [5.41, 5.74) is 4.88.